The number of nitrogens with zero attached hydrogens (tertiary/aromatic N) is 4. The summed E-state index contributed by atoms with van der Waals surface area (Å²) in [5.41, 5.74) is 11.7. The number of fused-ring (bicyclic) bond motifs is 12. The Kier molecular flexibility index (Phi) is 6.09. The molecule has 11 aromatic rings. The number of rotatable bonds is 4. The van der Waals surface area contributed by atoms with Crippen molar-refractivity contribution >= 4 is 75.3 Å². The van der Waals surface area contributed by atoms with Gasteiger partial charge in [0.1, 0.15) is 11.2 Å². The summed E-state index contributed by atoms with van der Waals surface area (Å²) in [5.74, 6) is 0. The highest BCUT2D eigenvalue weighted by Gasteiger charge is 2.27. The zero-order valence-corrected chi connectivity index (χ0v) is 28.2. The summed E-state index contributed by atoms with van der Waals surface area (Å²) in [4.78, 5) is 10.4. The van der Waals surface area contributed by atoms with Gasteiger partial charge in [-0.1, -0.05) is 115 Å². The van der Waals surface area contributed by atoms with E-state index in [0.717, 1.165) is 21.6 Å². The number of benzene rings is 7. The summed E-state index contributed by atoms with van der Waals surface area (Å²) >= 11 is 1.76. The molecule has 4 heterocycles. The van der Waals surface area contributed by atoms with Crippen LogP contribution in [0, 0.1) is 0 Å². The van der Waals surface area contributed by atoms with Crippen molar-refractivity contribution in [3.05, 3.63) is 170 Å². The molecule has 0 fully saturated rings. The predicted molar refractivity (Wildman–Crippen MR) is 214 cm³/mol. The van der Waals surface area contributed by atoms with Crippen LogP contribution in [0.1, 0.15) is 0 Å². The molecule has 0 spiro atoms. The molecule has 0 N–H and O–H groups in total. The van der Waals surface area contributed by atoms with Crippen molar-refractivity contribution < 1.29 is 0 Å². The van der Waals surface area contributed by atoms with E-state index in [1.807, 2.05) is 6.20 Å². The molecule has 0 amide bonds. The van der Waals surface area contributed by atoms with Gasteiger partial charge in [0.05, 0.1) is 26.8 Å². The maximum Gasteiger partial charge on any atom is 0.128 e. The van der Waals surface area contributed by atoms with E-state index >= 15 is 0 Å². The average Bonchev–Trinajstić information content (AvgIpc) is 3.87. The fourth-order valence-corrected chi connectivity index (χ4v) is 9.29. The Morgan fingerprint density at radius 1 is 0.431 bits per heavy atom. The first-order valence-electron chi connectivity index (χ1n) is 17.2. The maximum atomic E-state index is 4.84. The van der Waals surface area contributed by atoms with Gasteiger partial charge >= 0.3 is 0 Å². The van der Waals surface area contributed by atoms with Gasteiger partial charge in [-0.25, -0.2) is 9.97 Å². The van der Waals surface area contributed by atoms with Gasteiger partial charge in [0.2, 0.25) is 0 Å². The molecule has 0 saturated heterocycles. The molecular formula is C46H28N4S. The number of para-hydroxylation sites is 3. The van der Waals surface area contributed by atoms with Crippen molar-refractivity contribution in [3.63, 3.8) is 0 Å². The SMILES string of the molecule is c1ccc(-c2cc(-c3ccccc3)cc(-n3c4ccccc4c4c5c6ccccc6n(-c6ccccc6)c5c5c6cncnc6sc5c43)c2)cc1. The number of hydrogen-bond donors (Lipinski definition) is 0. The van der Waals surface area contributed by atoms with Gasteiger partial charge in [0.25, 0.3) is 0 Å². The molecule has 0 unspecified atom stereocenters. The van der Waals surface area contributed by atoms with Crippen molar-refractivity contribution in [1.82, 2.24) is 19.1 Å². The van der Waals surface area contributed by atoms with Gasteiger partial charge in [-0.05, 0) is 64.7 Å². The Morgan fingerprint density at radius 3 is 1.59 bits per heavy atom. The van der Waals surface area contributed by atoms with Crippen LogP contribution in [0.3, 0.4) is 0 Å². The molecule has 0 bridgehead atoms. The van der Waals surface area contributed by atoms with Gasteiger partial charge in [-0.3, -0.25) is 0 Å². The van der Waals surface area contributed by atoms with E-state index in [4.69, 9.17) is 4.98 Å². The van der Waals surface area contributed by atoms with Gasteiger partial charge < -0.3 is 9.13 Å². The minimum Gasteiger partial charge on any atom is -0.309 e. The minimum atomic E-state index is 0.985. The van der Waals surface area contributed by atoms with Crippen molar-refractivity contribution in [2.45, 2.75) is 0 Å². The first-order valence-corrected chi connectivity index (χ1v) is 18.0. The van der Waals surface area contributed by atoms with Crippen LogP contribution < -0.4 is 0 Å². The molecule has 7 aromatic carbocycles. The van der Waals surface area contributed by atoms with Crippen molar-refractivity contribution in [1.29, 1.82) is 0 Å². The Hall–Kier alpha value is -6.56. The topological polar surface area (TPSA) is 35.6 Å². The fraction of sp³-hybridized carbons (Fsp3) is 0. The molecule has 0 aliphatic heterocycles. The van der Waals surface area contributed by atoms with E-state index < -0.39 is 0 Å². The Morgan fingerprint density at radius 2 is 0.961 bits per heavy atom. The third-order valence-electron chi connectivity index (χ3n) is 10.2. The smallest absolute Gasteiger partial charge is 0.128 e. The van der Waals surface area contributed by atoms with Crippen LogP contribution >= 0.6 is 11.3 Å². The van der Waals surface area contributed by atoms with Gasteiger partial charge in [-0.15, -0.1) is 11.3 Å². The highest BCUT2D eigenvalue weighted by molar-refractivity contribution is 7.26. The lowest BCUT2D eigenvalue weighted by Crippen LogP contribution is -1.97. The maximum absolute atomic E-state index is 4.84. The van der Waals surface area contributed by atoms with Crippen LogP contribution in [0.25, 0.3) is 97.5 Å². The number of hydrogen-bond acceptors (Lipinski definition) is 3. The highest BCUT2D eigenvalue weighted by Crippen LogP contribution is 2.51. The zero-order valence-electron chi connectivity index (χ0n) is 27.4. The van der Waals surface area contributed by atoms with Crippen LogP contribution in [0.15, 0.2) is 170 Å². The minimum absolute atomic E-state index is 0.985. The highest BCUT2D eigenvalue weighted by atomic mass is 32.1. The fourth-order valence-electron chi connectivity index (χ4n) is 8.13. The first-order chi connectivity index (χ1) is 25.3. The Balaban J connectivity index is 1.39. The summed E-state index contributed by atoms with van der Waals surface area (Å²) in [6.45, 7) is 0. The van der Waals surface area contributed by atoms with Crippen LogP contribution in [0.2, 0.25) is 0 Å². The molecule has 0 saturated carbocycles. The van der Waals surface area contributed by atoms with E-state index in [9.17, 15) is 0 Å². The van der Waals surface area contributed by atoms with Crippen LogP contribution in [-0.4, -0.2) is 19.1 Å². The molecule has 0 aliphatic carbocycles. The van der Waals surface area contributed by atoms with Crippen molar-refractivity contribution in [2.75, 3.05) is 0 Å². The van der Waals surface area contributed by atoms with E-state index in [-0.39, 0.29) is 0 Å². The van der Waals surface area contributed by atoms with E-state index in [0.29, 0.717) is 0 Å². The molecule has 238 valence electrons. The predicted octanol–water partition coefficient (Wildman–Crippen LogP) is 12.4. The zero-order chi connectivity index (χ0) is 33.5. The van der Waals surface area contributed by atoms with Gasteiger partial charge in [0, 0.05) is 49.9 Å². The largest absolute Gasteiger partial charge is 0.309 e. The third-order valence-corrected chi connectivity index (χ3v) is 11.3. The van der Waals surface area contributed by atoms with Crippen molar-refractivity contribution in [2.24, 2.45) is 0 Å². The molecule has 51 heavy (non-hydrogen) atoms. The van der Waals surface area contributed by atoms with Gasteiger partial charge in [0.15, 0.2) is 0 Å². The van der Waals surface area contributed by atoms with E-state index in [1.165, 1.54) is 76.0 Å². The lowest BCUT2D eigenvalue weighted by Gasteiger charge is -2.15. The van der Waals surface area contributed by atoms with E-state index in [2.05, 4.69) is 172 Å². The normalized spacial score (nSPS) is 11.9. The summed E-state index contributed by atoms with van der Waals surface area (Å²) in [7, 11) is 0. The summed E-state index contributed by atoms with van der Waals surface area (Å²) < 4.78 is 6.15. The molecule has 0 radical (unpaired) electrons. The summed E-state index contributed by atoms with van der Waals surface area (Å²) in [6, 6.07) is 56.9. The molecule has 5 heteroatoms. The molecule has 4 nitrogen and oxygen atoms in total. The van der Waals surface area contributed by atoms with Crippen LogP contribution in [-0.2, 0) is 0 Å². The quantitative estimate of drug-likeness (QED) is 0.187. The number of aromatic nitrogens is 4. The molecular weight excluding hydrogens is 641 g/mol. The average molecular weight is 669 g/mol. The summed E-state index contributed by atoms with van der Waals surface area (Å²) in [6.07, 6.45) is 3.67. The lowest BCUT2D eigenvalue weighted by atomic mass is 9.98. The summed E-state index contributed by atoms with van der Waals surface area (Å²) in [5, 5.41) is 7.22. The standard InChI is InChI=1S/C46H28N4S/c1-4-14-29(15-5-1)31-24-32(30-16-6-2-7-17-30)26-34(25-31)50-39-23-13-11-21-36(39)41-40-35-20-10-12-22-38(35)49(33-18-8-3-9-19-33)43(40)42-37-27-47-28-48-46(37)51-45(42)44(41)50/h1-28H. The van der Waals surface area contributed by atoms with Crippen LogP contribution in [0.4, 0.5) is 0 Å². The second kappa shape index (κ2) is 11.0. The van der Waals surface area contributed by atoms with E-state index in [1.54, 1.807) is 17.7 Å². The monoisotopic (exact) mass is 668 g/mol. The van der Waals surface area contributed by atoms with Gasteiger partial charge in [-0.2, -0.15) is 0 Å². The second-order valence-electron chi connectivity index (χ2n) is 13.0. The lowest BCUT2D eigenvalue weighted by molar-refractivity contribution is 1.18. The molecule has 0 aliphatic rings. The third kappa shape index (κ3) is 4.13. The van der Waals surface area contributed by atoms with Crippen LogP contribution in [0.5, 0.6) is 0 Å². The molecule has 4 aromatic heterocycles. The van der Waals surface area contributed by atoms with Crippen molar-refractivity contribution in [3.8, 4) is 33.6 Å². The molecule has 11 rings (SSSR count). The number of thiophene rings is 1. The Labute approximate surface area is 297 Å². The molecule has 0 atom stereocenters. The first kappa shape index (κ1) is 28.3. The second-order valence-corrected chi connectivity index (χ2v) is 14.0. The Bertz CT molecular complexity index is 3060.